The lowest BCUT2D eigenvalue weighted by Gasteiger charge is -2.09. The number of rotatable bonds is 6. The van der Waals surface area contributed by atoms with Gasteiger partial charge in [-0.15, -0.1) is 0 Å². The van der Waals surface area contributed by atoms with Gasteiger partial charge in [-0.2, -0.15) is 0 Å². The summed E-state index contributed by atoms with van der Waals surface area (Å²) in [5.74, 6) is 0. The van der Waals surface area contributed by atoms with E-state index in [0.717, 1.165) is 48.0 Å². The summed E-state index contributed by atoms with van der Waals surface area (Å²) in [6, 6.07) is 13.5. The molecule has 0 aliphatic carbocycles. The quantitative estimate of drug-likeness (QED) is 0.308. The van der Waals surface area contributed by atoms with Gasteiger partial charge in [0.1, 0.15) is 10.9 Å². The van der Waals surface area contributed by atoms with E-state index in [1.165, 1.54) is 0 Å². The molecule has 0 bridgehead atoms. The van der Waals surface area contributed by atoms with Crippen molar-refractivity contribution in [3.05, 3.63) is 69.7 Å². The first-order valence-electron chi connectivity index (χ1n) is 11.0. The number of nitrogens with zero attached hydrogens (tertiary/aromatic N) is 5. The van der Waals surface area contributed by atoms with Crippen LogP contribution in [0, 0.1) is 6.92 Å². The molecule has 0 unspecified atom stereocenters. The zero-order valence-electron chi connectivity index (χ0n) is 18.2. The molecule has 0 saturated carbocycles. The SMILES string of the molecule is CCCCCCn1cnc2c(c1=O)c1nc3ccccc3nc1n2-c1ccc(C)c(Cl)c1. The first kappa shape index (κ1) is 20.6. The lowest BCUT2D eigenvalue weighted by molar-refractivity contribution is 0.567. The summed E-state index contributed by atoms with van der Waals surface area (Å²) in [5, 5.41) is 1.14. The van der Waals surface area contributed by atoms with E-state index in [2.05, 4.69) is 6.92 Å². The van der Waals surface area contributed by atoms with Crippen LogP contribution in [-0.2, 0) is 6.54 Å². The van der Waals surface area contributed by atoms with Crippen LogP contribution in [0.3, 0.4) is 0 Å². The number of para-hydroxylation sites is 2. The van der Waals surface area contributed by atoms with Crippen molar-refractivity contribution < 1.29 is 0 Å². The molecular weight excluding hydrogens is 422 g/mol. The second-order valence-electron chi connectivity index (χ2n) is 8.16. The van der Waals surface area contributed by atoms with E-state index in [9.17, 15) is 4.79 Å². The highest BCUT2D eigenvalue weighted by molar-refractivity contribution is 6.31. The van der Waals surface area contributed by atoms with Crippen LogP contribution in [0.25, 0.3) is 38.9 Å². The molecule has 6 nitrogen and oxygen atoms in total. The summed E-state index contributed by atoms with van der Waals surface area (Å²) in [6.45, 7) is 4.78. The lowest BCUT2D eigenvalue weighted by atomic mass is 10.2. The van der Waals surface area contributed by atoms with Crippen molar-refractivity contribution in [3.8, 4) is 5.69 Å². The molecule has 0 atom stereocenters. The van der Waals surface area contributed by atoms with Gasteiger partial charge in [-0.05, 0) is 43.2 Å². The molecule has 0 amide bonds. The van der Waals surface area contributed by atoms with E-state index in [1.807, 2.05) is 54.0 Å². The number of benzene rings is 2. The number of halogens is 1. The number of hydrogen-bond acceptors (Lipinski definition) is 4. The Hall–Kier alpha value is -3.25. The summed E-state index contributed by atoms with van der Waals surface area (Å²) in [6.07, 6.45) is 6.00. The molecule has 0 N–H and O–H groups in total. The number of hydrogen-bond donors (Lipinski definition) is 0. The summed E-state index contributed by atoms with van der Waals surface area (Å²) in [5.41, 5.74) is 4.93. The minimum atomic E-state index is -0.0851. The molecule has 0 aliphatic heterocycles. The Bertz CT molecular complexity index is 1520. The van der Waals surface area contributed by atoms with Gasteiger partial charge in [0, 0.05) is 11.6 Å². The third kappa shape index (κ3) is 3.45. The molecule has 0 aliphatic rings. The highest BCUT2D eigenvalue weighted by Crippen LogP contribution is 2.30. The average Bonchev–Trinajstić information content (AvgIpc) is 3.12. The molecule has 0 fully saturated rings. The fourth-order valence-corrected chi connectivity index (χ4v) is 4.28. The Morgan fingerprint density at radius 2 is 1.75 bits per heavy atom. The normalized spacial score (nSPS) is 11.7. The predicted molar refractivity (Wildman–Crippen MR) is 130 cm³/mol. The number of aryl methyl sites for hydroxylation is 2. The fourth-order valence-electron chi connectivity index (χ4n) is 4.11. The number of fused-ring (bicyclic) bond motifs is 4. The van der Waals surface area contributed by atoms with Crippen LogP contribution in [0.1, 0.15) is 38.2 Å². The standard InChI is InChI=1S/C25H24ClN5O/c1-3-4-5-8-13-30-15-27-23-21(25(30)32)22-24(29-20-10-7-6-9-19(20)28-22)31(23)17-12-11-16(2)18(26)14-17/h6-7,9-12,14-15H,3-5,8,13H2,1-2H3. The van der Waals surface area contributed by atoms with Crippen molar-refractivity contribution in [1.29, 1.82) is 0 Å². The predicted octanol–water partition coefficient (Wildman–Crippen LogP) is 5.83. The van der Waals surface area contributed by atoms with Gasteiger partial charge in [0.2, 0.25) is 0 Å². The van der Waals surface area contributed by atoms with Gasteiger partial charge >= 0.3 is 0 Å². The third-order valence-electron chi connectivity index (χ3n) is 5.90. The Labute approximate surface area is 190 Å². The van der Waals surface area contributed by atoms with E-state index in [1.54, 1.807) is 10.9 Å². The minimum absolute atomic E-state index is 0.0851. The molecule has 3 heterocycles. The molecular formula is C25H24ClN5O. The van der Waals surface area contributed by atoms with Crippen molar-refractivity contribution in [2.45, 2.75) is 46.1 Å². The highest BCUT2D eigenvalue weighted by Gasteiger charge is 2.21. The van der Waals surface area contributed by atoms with Crippen LogP contribution in [-0.4, -0.2) is 24.1 Å². The summed E-state index contributed by atoms with van der Waals surface area (Å²) < 4.78 is 3.58. The van der Waals surface area contributed by atoms with Gasteiger partial charge in [-0.3, -0.25) is 13.9 Å². The van der Waals surface area contributed by atoms with E-state index in [4.69, 9.17) is 26.6 Å². The molecule has 2 aromatic carbocycles. The molecule has 0 spiro atoms. The molecule has 32 heavy (non-hydrogen) atoms. The summed E-state index contributed by atoms with van der Waals surface area (Å²) in [4.78, 5) is 27.9. The Balaban J connectivity index is 1.80. The zero-order chi connectivity index (χ0) is 22.2. The molecule has 162 valence electrons. The van der Waals surface area contributed by atoms with E-state index >= 15 is 0 Å². The third-order valence-corrected chi connectivity index (χ3v) is 6.30. The second-order valence-corrected chi connectivity index (χ2v) is 8.56. The van der Waals surface area contributed by atoms with Crippen LogP contribution >= 0.6 is 11.6 Å². The highest BCUT2D eigenvalue weighted by atomic mass is 35.5. The molecule has 5 aromatic rings. The smallest absolute Gasteiger partial charge is 0.265 e. The summed E-state index contributed by atoms with van der Waals surface area (Å²) in [7, 11) is 0. The van der Waals surface area contributed by atoms with E-state index < -0.39 is 0 Å². The zero-order valence-corrected chi connectivity index (χ0v) is 18.9. The monoisotopic (exact) mass is 445 g/mol. The summed E-state index contributed by atoms with van der Waals surface area (Å²) >= 11 is 6.43. The fraction of sp³-hybridized carbons (Fsp3) is 0.280. The van der Waals surface area contributed by atoms with Crippen molar-refractivity contribution in [2.75, 3.05) is 0 Å². The van der Waals surface area contributed by atoms with Gasteiger partial charge in [0.25, 0.3) is 5.56 Å². The number of unbranched alkanes of at least 4 members (excludes halogenated alkanes) is 3. The van der Waals surface area contributed by atoms with Gasteiger partial charge in [-0.1, -0.05) is 56.0 Å². The van der Waals surface area contributed by atoms with E-state index in [-0.39, 0.29) is 5.56 Å². The maximum absolute atomic E-state index is 13.5. The van der Waals surface area contributed by atoms with Crippen LogP contribution in [0.5, 0.6) is 0 Å². The molecule has 3 aromatic heterocycles. The van der Waals surface area contributed by atoms with Crippen molar-refractivity contribution in [3.63, 3.8) is 0 Å². The molecule has 5 rings (SSSR count). The van der Waals surface area contributed by atoms with Crippen molar-refractivity contribution in [1.82, 2.24) is 24.1 Å². The van der Waals surface area contributed by atoms with Gasteiger partial charge in [0.15, 0.2) is 11.3 Å². The minimum Gasteiger partial charge on any atom is -0.299 e. The second kappa shape index (κ2) is 8.36. The largest absolute Gasteiger partial charge is 0.299 e. The van der Waals surface area contributed by atoms with Crippen LogP contribution in [0.4, 0.5) is 0 Å². The van der Waals surface area contributed by atoms with Crippen molar-refractivity contribution >= 4 is 44.8 Å². The average molecular weight is 446 g/mol. The van der Waals surface area contributed by atoms with Gasteiger partial charge in [0.05, 0.1) is 23.0 Å². The maximum Gasteiger partial charge on any atom is 0.265 e. The lowest BCUT2D eigenvalue weighted by Crippen LogP contribution is -2.20. The molecule has 0 radical (unpaired) electrons. The van der Waals surface area contributed by atoms with Crippen LogP contribution < -0.4 is 5.56 Å². The topological polar surface area (TPSA) is 65.6 Å². The molecule has 7 heteroatoms. The van der Waals surface area contributed by atoms with Gasteiger partial charge < -0.3 is 0 Å². The Morgan fingerprint density at radius 3 is 2.50 bits per heavy atom. The van der Waals surface area contributed by atoms with Crippen molar-refractivity contribution in [2.24, 2.45) is 0 Å². The molecule has 0 saturated heterocycles. The Morgan fingerprint density at radius 1 is 0.969 bits per heavy atom. The van der Waals surface area contributed by atoms with Crippen LogP contribution in [0.15, 0.2) is 53.6 Å². The first-order valence-corrected chi connectivity index (χ1v) is 11.4. The first-order chi connectivity index (χ1) is 15.6. The van der Waals surface area contributed by atoms with E-state index in [0.29, 0.717) is 33.8 Å². The van der Waals surface area contributed by atoms with Gasteiger partial charge in [-0.25, -0.2) is 15.0 Å². The Kier molecular flexibility index (Phi) is 5.39. The van der Waals surface area contributed by atoms with Crippen LogP contribution in [0.2, 0.25) is 5.02 Å². The number of aromatic nitrogens is 5. The maximum atomic E-state index is 13.5.